The van der Waals surface area contributed by atoms with Crippen LogP contribution in [0.2, 0.25) is 0 Å². The van der Waals surface area contributed by atoms with Crippen LogP contribution in [0.15, 0.2) is 30.6 Å². The lowest BCUT2D eigenvalue weighted by Crippen LogP contribution is -2.33. The maximum atomic E-state index is 12.7. The first-order valence-corrected chi connectivity index (χ1v) is 7.78. The molecule has 7 nitrogen and oxygen atoms in total. The number of aliphatic hydroxyl groups excluding tert-OH is 1. The van der Waals surface area contributed by atoms with E-state index in [-0.39, 0.29) is 25.2 Å². The number of aromatic nitrogens is 2. The highest BCUT2D eigenvalue weighted by Crippen LogP contribution is 2.29. The number of aromatic amines is 1. The lowest BCUT2D eigenvalue weighted by Gasteiger charge is -2.21. The Morgan fingerprint density at radius 3 is 2.75 bits per heavy atom. The first-order valence-electron chi connectivity index (χ1n) is 7.78. The molecule has 1 heterocycles. The van der Waals surface area contributed by atoms with Crippen molar-refractivity contribution >= 4 is 5.91 Å². The lowest BCUT2D eigenvalue weighted by atomic mass is 10.1. The van der Waals surface area contributed by atoms with E-state index in [0.29, 0.717) is 29.4 Å². The number of H-pyrrole nitrogens is 1. The van der Waals surface area contributed by atoms with E-state index < -0.39 is 0 Å². The number of rotatable bonds is 8. The lowest BCUT2D eigenvalue weighted by molar-refractivity contribution is 0.0703. The van der Waals surface area contributed by atoms with E-state index in [0.717, 1.165) is 0 Å². The predicted octanol–water partition coefficient (Wildman–Crippen LogP) is 1.84. The molecule has 0 aliphatic heterocycles. The molecule has 0 unspecified atom stereocenters. The third kappa shape index (κ3) is 4.48. The van der Waals surface area contributed by atoms with Crippen LogP contribution >= 0.6 is 0 Å². The van der Waals surface area contributed by atoms with Gasteiger partial charge < -0.3 is 24.5 Å². The minimum absolute atomic E-state index is 0.00490. The highest BCUT2D eigenvalue weighted by atomic mass is 16.5. The van der Waals surface area contributed by atoms with E-state index in [2.05, 4.69) is 9.97 Å². The Kier molecular flexibility index (Phi) is 6.20. The molecule has 0 spiro atoms. The molecular weight excluding hydrogens is 310 g/mol. The fraction of sp³-hybridized carbons (Fsp3) is 0.412. The summed E-state index contributed by atoms with van der Waals surface area (Å²) in [5.41, 5.74) is 0.461. The molecule has 2 N–H and O–H groups in total. The van der Waals surface area contributed by atoms with Gasteiger partial charge in [-0.2, -0.15) is 0 Å². The Hall–Kier alpha value is -2.54. The Bertz CT molecular complexity index is 656. The van der Waals surface area contributed by atoms with Crippen molar-refractivity contribution in [2.75, 3.05) is 20.3 Å². The van der Waals surface area contributed by atoms with E-state index >= 15 is 0 Å². The summed E-state index contributed by atoms with van der Waals surface area (Å²) < 4.78 is 11.0. The quantitative estimate of drug-likeness (QED) is 0.770. The topological polar surface area (TPSA) is 87.7 Å². The number of amides is 1. The average Bonchev–Trinajstić information content (AvgIpc) is 3.06. The molecule has 2 aromatic rings. The summed E-state index contributed by atoms with van der Waals surface area (Å²) in [5, 5.41) is 9.24. The number of nitrogens with zero attached hydrogens (tertiary/aromatic N) is 2. The highest BCUT2D eigenvalue weighted by Gasteiger charge is 2.19. The van der Waals surface area contributed by atoms with Crippen LogP contribution in [0.4, 0.5) is 0 Å². The van der Waals surface area contributed by atoms with E-state index in [1.165, 1.54) is 12.0 Å². The number of methoxy groups -OCH3 is 1. The van der Waals surface area contributed by atoms with Crippen molar-refractivity contribution in [3.05, 3.63) is 42.0 Å². The third-order valence-corrected chi connectivity index (χ3v) is 3.33. The molecule has 0 aliphatic carbocycles. The summed E-state index contributed by atoms with van der Waals surface area (Å²) in [5.74, 6) is 1.53. The van der Waals surface area contributed by atoms with Crippen molar-refractivity contribution in [3.63, 3.8) is 0 Å². The zero-order chi connectivity index (χ0) is 17.5. The molecule has 0 fully saturated rings. The van der Waals surface area contributed by atoms with Gasteiger partial charge in [-0.15, -0.1) is 0 Å². The first kappa shape index (κ1) is 17.8. The number of carbonyl (C=O) groups excluding carboxylic acids is 1. The highest BCUT2D eigenvalue weighted by molar-refractivity contribution is 5.94. The van der Waals surface area contributed by atoms with Crippen LogP contribution < -0.4 is 9.47 Å². The van der Waals surface area contributed by atoms with Gasteiger partial charge in [0.1, 0.15) is 5.82 Å². The van der Waals surface area contributed by atoms with Crippen LogP contribution in [0.3, 0.4) is 0 Å². The van der Waals surface area contributed by atoms with Gasteiger partial charge in [0, 0.05) is 24.5 Å². The van der Waals surface area contributed by atoms with Crippen molar-refractivity contribution in [3.8, 4) is 11.5 Å². The third-order valence-electron chi connectivity index (χ3n) is 3.33. The average molecular weight is 333 g/mol. The smallest absolute Gasteiger partial charge is 0.254 e. The molecule has 0 radical (unpaired) electrons. The van der Waals surface area contributed by atoms with Gasteiger partial charge >= 0.3 is 0 Å². The normalized spacial score (nSPS) is 10.7. The number of ether oxygens (including phenoxy) is 2. The summed E-state index contributed by atoms with van der Waals surface area (Å²) in [7, 11) is 1.53. The van der Waals surface area contributed by atoms with Gasteiger partial charge in [-0.25, -0.2) is 4.98 Å². The van der Waals surface area contributed by atoms with Crippen LogP contribution in [0, 0.1) is 0 Å². The van der Waals surface area contributed by atoms with Gasteiger partial charge in [0.2, 0.25) is 0 Å². The largest absolute Gasteiger partial charge is 0.493 e. The molecule has 0 bridgehead atoms. The predicted molar refractivity (Wildman–Crippen MR) is 89.2 cm³/mol. The zero-order valence-corrected chi connectivity index (χ0v) is 14.2. The van der Waals surface area contributed by atoms with Crippen LogP contribution in [0.5, 0.6) is 11.5 Å². The molecule has 1 aromatic heterocycles. The van der Waals surface area contributed by atoms with E-state index in [1.807, 2.05) is 13.8 Å². The molecule has 1 aromatic carbocycles. The molecule has 24 heavy (non-hydrogen) atoms. The van der Waals surface area contributed by atoms with Crippen molar-refractivity contribution in [2.45, 2.75) is 26.5 Å². The van der Waals surface area contributed by atoms with Crippen LogP contribution in [0.25, 0.3) is 0 Å². The van der Waals surface area contributed by atoms with Crippen LogP contribution in [-0.2, 0) is 6.54 Å². The standard InChI is InChI=1S/C17H23N3O4/c1-12(2)24-14-5-4-13(10-15(14)23-3)17(22)20(8-9-21)11-16-18-6-7-19-16/h4-7,10,12,21H,8-9,11H2,1-3H3,(H,18,19). The Labute approximate surface area is 141 Å². The minimum atomic E-state index is -0.213. The van der Waals surface area contributed by atoms with Crippen molar-refractivity contribution < 1.29 is 19.4 Å². The van der Waals surface area contributed by atoms with Crippen LogP contribution in [-0.4, -0.2) is 52.2 Å². The molecule has 0 atom stereocenters. The number of hydrogen-bond acceptors (Lipinski definition) is 5. The molecule has 2 rings (SSSR count). The van der Waals surface area contributed by atoms with E-state index in [4.69, 9.17) is 9.47 Å². The Morgan fingerprint density at radius 2 is 2.17 bits per heavy atom. The fourth-order valence-electron chi connectivity index (χ4n) is 2.27. The number of hydrogen-bond donors (Lipinski definition) is 2. The van der Waals surface area contributed by atoms with Crippen molar-refractivity contribution in [1.29, 1.82) is 0 Å². The zero-order valence-electron chi connectivity index (χ0n) is 14.2. The molecule has 0 saturated heterocycles. The second-order valence-electron chi connectivity index (χ2n) is 5.52. The second-order valence-corrected chi connectivity index (χ2v) is 5.52. The van der Waals surface area contributed by atoms with Gasteiger partial charge in [-0.3, -0.25) is 4.79 Å². The molecule has 0 aliphatic rings. The number of benzene rings is 1. The number of carbonyl (C=O) groups is 1. The van der Waals surface area contributed by atoms with Gasteiger partial charge in [0.25, 0.3) is 5.91 Å². The van der Waals surface area contributed by atoms with Crippen LogP contribution in [0.1, 0.15) is 30.0 Å². The second kappa shape index (κ2) is 8.35. The van der Waals surface area contributed by atoms with E-state index in [1.54, 1.807) is 30.6 Å². The van der Waals surface area contributed by atoms with Crippen molar-refractivity contribution in [2.24, 2.45) is 0 Å². The van der Waals surface area contributed by atoms with E-state index in [9.17, 15) is 9.90 Å². The molecule has 0 saturated carbocycles. The fourth-order valence-corrected chi connectivity index (χ4v) is 2.27. The summed E-state index contributed by atoms with van der Waals surface area (Å²) in [6.45, 7) is 4.22. The molecule has 1 amide bonds. The van der Waals surface area contributed by atoms with Gasteiger partial charge in [-0.1, -0.05) is 0 Å². The maximum absolute atomic E-state index is 12.7. The number of imidazole rings is 1. The molecular formula is C17H23N3O4. The van der Waals surface area contributed by atoms with Crippen molar-refractivity contribution in [1.82, 2.24) is 14.9 Å². The maximum Gasteiger partial charge on any atom is 0.254 e. The Morgan fingerprint density at radius 1 is 1.38 bits per heavy atom. The monoisotopic (exact) mass is 333 g/mol. The Balaban J connectivity index is 2.22. The summed E-state index contributed by atoms with van der Waals surface area (Å²) in [6.07, 6.45) is 3.32. The number of aliphatic hydroxyl groups is 1. The first-order chi connectivity index (χ1) is 11.5. The molecule has 130 valence electrons. The summed E-state index contributed by atoms with van der Waals surface area (Å²) in [6, 6.07) is 5.05. The summed E-state index contributed by atoms with van der Waals surface area (Å²) in [4.78, 5) is 21.3. The minimum Gasteiger partial charge on any atom is -0.493 e. The van der Waals surface area contributed by atoms with Gasteiger partial charge in [-0.05, 0) is 32.0 Å². The SMILES string of the molecule is COc1cc(C(=O)N(CCO)Cc2ncc[nH]2)ccc1OC(C)C. The van der Waals surface area contributed by atoms with Gasteiger partial charge in [0.15, 0.2) is 11.5 Å². The summed E-state index contributed by atoms with van der Waals surface area (Å²) >= 11 is 0. The molecule has 7 heteroatoms. The van der Waals surface area contributed by atoms with Gasteiger partial charge in [0.05, 0.1) is 26.4 Å². The number of nitrogens with one attached hydrogen (secondary N) is 1.